The molecule has 4 rings (SSSR count). The summed E-state index contributed by atoms with van der Waals surface area (Å²) in [6.07, 6.45) is 0. The summed E-state index contributed by atoms with van der Waals surface area (Å²) in [5.41, 5.74) is 2.44. The molecular formula is C20H22N4O2S. The Morgan fingerprint density at radius 3 is 2.63 bits per heavy atom. The van der Waals surface area contributed by atoms with Gasteiger partial charge in [-0.1, -0.05) is 12.1 Å². The number of aromatic amines is 1. The van der Waals surface area contributed by atoms with Crippen LogP contribution in [0.15, 0.2) is 42.5 Å². The first-order valence-electron chi connectivity index (χ1n) is 8.95. The molecule has 0 radical (unpaired) electrons. The molecule has 2 aromatic heterocycles. The van der Waals surface area contributed by atoms with Gasteiger partial charge in [0.2, 0.25) is 0 Å². The number of piperazine rings is 1. The van der Waals surface area contributed by atoms with Crippen LogP contribution in [0, 0.1) is 6.92 Å². The molecule has 0 spiro atoms. The highest BCUT2D eigenvalue weighted by Crippen LogP contribution is 2.29. The number of methoxy groups -OCH3 is 1. The first kappa shape index (κ1) is 17.6. The fourth-order valence-corrected chi connectivity index (χ4v) is 4.17. The molecule has 1 saturated heterocycles. The van der Waals surface area contributed by atoms with Crippen LogP contribution >= 0.6 is 11.3 Å². The number of para-hydroxylation sites is 2. The van der Waals surface area contributed by atoms with E-state index in [0.29, 0.717) is 18.8 Å². The molecule has 0 bridgehead atoms. The van der Waals surface area contributed by atoms with Gasteiger partial charge in [0, 0.05) is 31.1 Å². The van der Waals surface area contributed by atoms with Crippen LogP contribution in [-0.2, 0) is 0 Å². The number of rotatable bonds is 4. The number of carbonyl (C=O) groups excluding carboxylic acids is 1. The van der Waals surface area contributed by atoms with Crippen molar-refractivity contribution in [1.29, 1.82) is 0 Å². The quantitative estimate of drug-likeness (QED) is 0.751. The fraction of sp³-hybridized carbons (Fsp3) is 0.300. The molecule has 1 aromatic carbocycles. The largest absolute Gasteiger partial charge is 0.495 e. The molecule has 1 aliphatic heterocycles. The number of carbonyl (C=O) groups is 1. The van der Waals surface area contributed by atoms with E-state index in [1.54, 1.807) is 18.4 Å². The lowest BCUT2D eigenvalue weighted by molar-refractivity contribution is 0.0740. The van der Waals surface area contributed by atoms with E-state index in [-0.39, 0.29) is 5.91 Å². The van der Waals surface area contributed by atoms with Crippen molar-refractivity contribution in [2.24, 2.45) is 0 Å². The maximum Gasteiger partial charge on any atom is 0.274 e. The molecule has 0 saturated carbocycles. The zero-order valence-corrected chi connectivity index (χ0v) is 16.3. The van der Waals surface area contributed by atoms with Gasteiger partial charge in [-0.15, -0.1) is 11.3 Å². The van der Waals surface area contributed by atoms with Crippen LogP contribution in [0.25, 0.3) is 10.6 Å². The second-order valence-corrected chi connectivity index (χ2v) is 7.82. The Bertz CT molecular complexity index is 941. The first-order valence-corrected chi connectivity index (χ1v) is 9.77. The Morgan fingerprint density at radius 1 is 1.15 bits per heavy atom. The SMILES string of the molecule is COc1ccccc1N1CCN(C(=O)c2cc(-c3ccc(C)s3)[nH]n2)CC1. The lowest BCUT2D eigenvalue weighted by Crippen LogP contribution is -2.49. The maximum atomic E-state index is 12.8. The van der Waals surface area contributed by atoms with Gasteiger partial charge in [-0.05, 0) is 37.3 Å². The topological polar surface area (TPSA) is 61.5 Å². The highest BCUT2D eigenvalue weighted by atomic mass is 32.1. The Morgan fingerprint density at radius 2 is 1.93 bits per heavy atom. The average molecular weight is 382 g/mol. The van der Waals surface area contributed by atoms with E-state index in [9.17, 15) is 4.79 Å². The molecule has 3 heterocycles. The third-order valence-corrected chi connectivity index (χ3v) is 5.83. The van der Waals surface area contributed by atoms with Gasteiger partial charge in [0.1, 0.15) is 5.75 Å². The highest BCUT2D eigenvalue weighted by molar-refractivity contribution is 7.15. The summed E-state index contributed by atoms with van der Waals surface area (Å²) < 4.78 is 5.45. The third-order valence-electron chi connectivity index (χ3n) is 4.80. The van der Waals surface area contributed by atoms with Gasteiger partial charge < -0.3 is 14.5 Å². The zero-order valence-electron chi connectivity index (χ0n) is 15.4. The van der Waals surface area contributed by atoms with Crippen LogP contribution in [0.5, 0.6) is 5.75 Å². The number of nitrogens with one attached hydrogen (secondary N) is 1. The Balaban J connectivity index is 1.42. The molecule has 27 heavy (non-hydrogen) atoms. The third kappa shape index (κ3) is 3.55. The summed E-state index contributed by atoms with van der Waals surface area (Å²) in [5, 5.41) is 7.23. The lowest BCUT2D eigenvalue weighted by Gasteiger charge is -2.36. The summed E-state index contributed by atoms with van der Waals surface area (Å²) in [6, 6.07) is 14.0. The number of nitrogens with zero attached hydrogens (tertiary/aromatic N) is 3. The number of benzene rings is 1. The number of hydrogen-bond donors (Lipinski definition) is 1. The van der Waals surface area contributed by atoms with Gasteiger partial charge in [0.15, 0.2) is 5.69 Å². The minimum atomic E-state index is -0.0227. The Hall–Kier alpha value is -2.80. The second-order valence-electron chi connectivity index (χ2n) is 6.53. The smallest absolute Gasteiger partial charge is 0.274 e. The number of hydrogen-bond acceptors (Lipinski definition) is 5. The Kier molecular flexibility index (Phi) is 4.85. The number of ether oxygens (including phenoxy) is 1. The number of anilines is 1. The van der Waals surface area contributed by atoms with Gasteiger partial charge in [0.05, 0.1) is 23.4 Å². The molecule has 3 aromatic rings. The van der Waals surface area contributed by atoms with Crippen LogP contribution < -0.4 is 9.64 Å². The van der Waals surface area contributed by atoms with Crippen molar-refractivity contribution < 1.29 is 9.53 Å². The van der Waals surface area contributed by atoms with Gasteiger partial charge in [-0.25, -0.2) is 0 Å². The molecule has 0 atom stereocenters. The molecule has 140 valence electrons. The minimum Gasteiger partial charge on any atom is -0.495 e. The molecule has 0 unspecified atom stereocenters. The minimum absolute atomic E-state index is 0.0227. The average Bonchev–Trinajstić information content (AvgIpc) is 3.36. The number of aromatic nitrogens is 2. The van der Waals surface area contributed by atoms with E-state index in [4.69, 9.17) is 4.74 Å². The molecule has 6 nitrogen and oxygen atoms in total. The van der Waals surface area contributed by atoms with Crippen LogP contribution in [0.2, 0.25) is 0 Å². The van der Waals surface area contributed by atoms with E-state index in [1.807, 2.05) is 35.2 Å². The summed E-state index contributed by atoms with van der Waals surface area (Å²) >= 11 is 1.69. The van der Waals surface area contributed by atoms with Crippen LogP contribution in [0.1, 0.15) is 15.4 Å². The van der Waals surface area contributed by atoms with Crippen molar-refractivity contribution in [1.82, 2.24) is 15.1 Å². The van der Waals surface area contributed by atoms with Gasteiger partial charge in [-0.2, -0.15) is 5.10 Å². The van der Waals surface area contributed by atoms with Crippen molar-refractivity contribution in [3.63, 3.8) is 0 Å². The summed E-state index contributed by atoms with van der Waals surface area (Å²) in [7, 11) is 1.68. The summed E-state index contributed by atoms with van der Waals surface area (Å²) in [6.45, 7) is 4.94. The molecule has 0 aliphatic carbocycles. The molecule has 1 aliphatic rings. The molecule has 1 amide bonds. The zero-order chi connectivity index (χ0) is 18.8. The normalized spacial score (nSPS) is 14.4. The summed E-state index contributed by atoms with van der Waals surface area (Å²) in [5.74, 6) is 0.839. The number of amides is 1. The first-order chi connectivity index (χ1) is 13.2. The van der Waals surface area contributed by atoms with E-state index < -0.39 is 0 Å². The van der Waals surface area contributed by atoms with Gasteiger partial charge >= 0.3 is 0 Å². The molecule has 1 fully saturated rings. The highest BCUT2D eigenvalue weighted by Gasteiger charge is 2.25. The number of H-pyrrole nitrogens is 1. The van der Waals surface area contributed by atoms with Gasteiger partial charge in [0.25, 0.3) is 5.91 Å². The van der Waals surface area contributed by atoms with Crippen molar-refractivity contribution in [2.45, 2.75) is 6.92 Å². The fourth-order valence-electron chi connectivity index (χ4n) is 3.34. The lowest BCUT2D eigenvalue weighted by atomic mass is 10.2. The molecule has 1 N–H and O–H groups in total. The van der Waals surface area contributed by atoms with E-state index in [1.165, 1.54) is 4.88 Å². The predicted molar refractivity (Wildman–Crippen MR) is 108 cm³/mol. The van der Waals surface area contributed by atoms with Gasteiger partial charge in [-0.3, -0.25) is 9.89 Å². The van der Waals surface area contributed by atoms with Crippen LogP contribution in [0.4, 0.5) is 5.69 Å². The standard InChI is InChI=1S/C20H22N4O2S/c1-14-7-8-19(27-14)15-13-16(22-21-15)20(25)24-11-9-23(10-12-24)17-5-3-4-6-18(17)26-2/h3-8,13H,9-12H2,1-2H3,(H,21,22). The second kappa shape index (κ2) is 7.44. The van der Waals surface area contributed by atoms with E-state index in [2.05, 4.69) is 34.2 Å². The van der Waals surface area contributed by atoms with Crippen molar-refractivity contribution in [3.05, 3.63) is 53.0 Å². The predicted octanol–water partition coefficient (Wildman–Crippen LogP) is 3.42. The number of aryl methyl sites for hydroxylation is 1. The van der Waals surface area contributed by atoms with Crippen LogP contribution in [0.3, 0.4) is 0 Å². The Labute approximate surface area is 162 Å². The van der Waals surface area contributed by atoms with E-state index in [0.717, 1.165) is 35.1 Å². The molecule has 7 heteroatoms. The van der Waals surface area contributed by atoms with Crippen molar-refractivity contribution in [3.8, 4) is 16.3 Å². The van der Waals surface area contributed by atoms with E-state index >= 15 is 0 Å². The maximum absolute atomic E-state index is 12.8. The van der Waals surface area contributed by atoms with Crippen molar-refractivity contribution in [2.75, 3.05) is 38.2 Å². The van der Waals surface area contributed by atoms with Crippen LogP contribution in [-0.4, -0.2) is 54.3 Å². The summed E-state index contributed by atoms with van der Waals surface area (Å²) in [4.78, 5) is 19.3. The molecular weight excluding hydrogens is 360 g/mol. The van der Waals surface area contributed by atoms with Crippen molar-refractivity contribution >= 4 is 22.9 Å². The number of thiophene rings is 1. The monoisotopic (exact) mass is 382 g/mol.